The lowest BCUT2D eigenvalue weighted by Crippen LogP contribution is -2.23. The first-order chi connectivity index (χ1) is 7.31. The Hall–Kier alpha value is -1.26. The van der Waals surface area contributed by atoms with Crippen LogP contribution < -0.4 is 15.2 Å². The molecule has 0 saturated carbocycles. The van der Waals surface area contributed by atoms with E-state index in [2.05, 4.69) is 0 Å². The predicted molar refractivity (Wildman–Crippen MR) is 56.2 cm³/mol. The van der Waals surface area contributed by atoms with Crippen molar-refractivity contribution in [2.75, 3.05) is 19.8 Å². The Morgan fingerprint density at radius 3 is 2.93 bits per heavy atom. The van der Waals surface area contributed by atoms with Gasteiger partial charge in [0.1, 0.15) is 13.2 Å². The van der Waals surface area contributed by atoms with E-state index >= 15 is 0 Å². The van der Waals surface area contributed by atoms with Gasteiger partial charge in [-0.3, -0.25) is 0 Å². The first kappa shape index (κ1) is 10.3. The fourth-order valence-electron chi connectivity index (χ4n) is 1.63. The van der Waals surface area contributed by atoms with E-state index in [9.17, 15) is 5.11 Å². The summed E-state index contributed by atoms with van der Waals surface area (Å²) in [5.41, 5.74) is 6.32. The van der Waals surface area contributed by atoms with E-state index in [1.807, 2.05) is 18.2 Å². The minimum absolute atomic E-state index is 0.254. The van der Waals surface area contributed by atoms with Crippen LogP contribution in [0.1, 0.15) is 5.56 Å². The summed E-state index contributed by atoms with van der Waals surface area (Å²) in [6, 6.07) is 5.69. The second-order valence-corrected chi connectivity index (χ2v) is 3.53. The molecule has 2 rings (SSSR count). The van der Waals surface area contributed by atoms with Gasteiger partial charge in [0, 0.05) is 18.5 Å². The Labute approximate surface area is 88.6 Å². The molecule has 0 spiro atoms. The minimum atomic E-state index is -0.526. The molecule has 0 aromatic heterocycles. The summed E-state index contributed by atoms with van der Waals surface area (Å²) in [7, 11) is 0. The lowest BCUT2D eigenvalue weighted by molar-refractivity contribution is 0.161. The van der Waals surface area contributed by atoms with Crippen LogP contribution in [0.25, 0.3) is 0 Å². The van der Waals surface area contributed by atoms with E-state index in [4.69, 9.17) is 15.2 Å². The Balaban J connectivity index is 2.23. The Bertz CT molecular complexity index is 341. The van der Waals surface area contributed by atoms with Crippen molar-refractivity contribution in [1.82, 2.24) is 0 Å². The number of aliphatic hydroxyl groups excluding tert-OH is 1. The van der Waals surface area contributed by atoms with Crippen LogP contribution in [-0.4, -0.2) is 31.0 Å². The van der Waals surface area contributed by atoms with Crippen LogP contribution >= 0.6 is 0 Å². The molecule has 1 aromatic carbocycles. The van der Waals surface area contributed by atoms with Gasteiger partial charge < -0.3 is 20.3 Å². The van der Waals surface area contributed by atoms with Crippen molar-refractivity contribution >= 4 is 0 Å². The molecule has 0 saturated heterocycles. The molecular weight excluding hydrogens is 194 g/mol. The van der Waals surface area contributed by atoms with Crippen molar-refractivity contribution in [2.45, 2.75) is 12.5 Å². The third-order valence-electron chi connectivity index (χ3n) is 2.38. The van der Waals surface area contributed by atoms with Gasteiger partial charge in [-0.2, -0.15) is 0 Å². The first-order valence-electron chi connectivity index (χ1n) is 5.07. The molecule has 1 unspecified atom stereocenters. The number of nitrogens with two attached hydrogens (primary N) is 1. The SMILES string of the molecule is NCC(O)Cc1cccc2c1OCCO2. The Morgan fingerprint density at radius 2 is 2.13 bits per heavy atom. The number of aliphatic hydroxyl groups is 1. The van der Waals surface area contributed by atoms with Gasteiger partial charge in [0.2, 0.25) is 0 Å². The Morgan fingerprint density at radius 1 is 1.33 bits per heavy atom. The fraction of sp³-hybridized carbons (Fsp3) is 0.455. The van der Waals surface area contributed by atoms with Gasteiger partial charge in [0.15, 0.2) is 11.5 Å². The maximum absolute atomic E-state index is 9.49. The first-order valence-corrected chi connectivity index (χ1v) is 5.07. The van der Waals surface area contributed by atoms with Gasteiger partial charge >= 0.3 is 0 Å². The molecule has 4 heteroatoms. The third-order valence-corrected chi connectivity index (χ3v) is 2.38. The van der Waals surface area contributed by atoms with E-state index in [1.165, 1.54) is 0 Å². The quantitative estimate of drug-likeness (QED) is 0.752. The average Bonchev–Trinajstić information content (AvgIpc) is 2.29. The number of hydrogen-bond donors (Lipinski definition) is 2. The average molecular weight is 209 g/mol. The standard InChI is InChI=1S/C11H15NO3/c12-7-9(13)6-8-2-1-3-10-11(8)15-5-4-14-10/h1-3,9,13H,4-7,12H2. The molecule has 0 bridgehead atoms. The molecule has 1 aromatic rings. The van der Waals surface area contributed by atoms with Crippen LogP contribution in [0.3, 0.4) is 0 Å². The van der Waals surface area contributed by atoms with Crippen LogP contribution in [0.15, 0.2) is 18.2 Å². The maximum Gasteiger partial charge on any atom is 0.164 e. The number of ether oxygens (including phenoxy) is 2. The van der Waals surface area contributed by atoms with E-state index in [0.29, 0.717) is 19.6 Å². The van der Waals surface area contributed by atoms with Crippen molar-refractivity contribution in [3.05, 3.63) is 23.8 Å². The molecule has 82 valence electrons. The third kappa shape index (κ3) is 2.22. The number of benzene rings is 1. The fourth-order valence-corrected chi connectivity index (χ4v) is 1.63. The molecule has 15 heavy (non-hydrogen) atoms. The molecular formula is C11H15NO3. The van der Waals surface area contributed by atoms with E-state index in [1.54, 1.807) is 0 Å². The van der Waals surface area contributed by atoms with Crippen molar-refractivity contribution in [1.29, 1.82) is 0 Å². The summed E-state index contributed by atoms with van der Waals surface area (Å²) < 4.78 is 11.0. The second kappa shape index (κ2) is 4.51. The van der Waals surface area contributed by atoms with Crippen molar-refractivity contribution in [2.24, 2.45) is 5.73 Å². The highest BCUT2D eigenvalue weighted by atomic mass is 16.6. The lowest BCUT2D eigenvalue weighted by Gasteiger charge is -2.21. The molecule has 1 heterocycles. The van der Waals surface area contributed by atoms with Crippen molar-refractivity contribution < 1.29 is 14.6 Å². The highest BCUT2D eigenvalue weighted by Gasteiger charge is 2.16. The van der Waals surface area contributed by atoms with Gasteiger partial charge in [-0.25, -0.2) is 0 Å². The molecule has 0 aliphatic carbocycles. The van der Waals surface area contributed by atoms with E-state index in [-0.39, 0.29) is 6.54 Å². The maximum atomic E-state index is 9.49. The number of fused-ring (bicyclic) bond motifs is 1. The molecule has 1 aliphatic rings. The molecule has 1 atom stereocenters. The monoisotopic (exact) mass is 209 g/mol. The topological polar surface area (TPSA) is 64.7 Å². The van der Waals surface area contributed by atoms with E-state index in [0.717, 1.165) is 17.1 Å². The zero-order chi connectivity index (χ0) is 10.7. The van der Waals surface area contributed by atoms with Crippen molar-refractivity contribution in [3.8, 4) is 11.5 Å². The van der Waals surface area contributed by atoms with Gasteiger partial charge in [-0.05, 0) is 6.07 Å². The molecule has 0 fully saturated rings. The summed E-state index contributed by atoms with van der Waals surface area (Å²) in [6.07, 6.45) is -0.0229. The summed E-state index contributed by atoms with van der Waals surface area (Å²) >= 11 is 0. The molecule has 3 N–H and O–H groups in total. The highest BCUT2D eigenvalue weighted by molar-refractivity contribution is 5.47. The number of para-hydroxylation sites is 1. The largest absolute Gasteiger partial charge is 0.486 e. The summed E-state index contributed by atoms with van der Waals surface area (Å²) in [5.74, 6) is 1.50. The van der Waals surface area contributed by atoms with Gasteiger partial charge in [-0.1, -0.05) is 12.1 Å². The predicted octanol–water partition coefficient (Wildman–Crippen LogP) is 0.320. The normalized spacial score (nSPS) is 16.1. The molecule has 4 nitrogen and oxygen atoms in total. The van der Waals surface area contributed by atoms with Crippen LogP contribution in [0.4, 0.5) is 0 Å². The van der Waals surface area contributed by atoms with Crippen LogP contribution in [-0.2, 0) is 6.42 Å². The number of rotatable bonds is 3. The lowest BCUT2D eigenvalue weighted by atomic mass is 10.1. The zero-order valence-corrected chi connectivity index (χ0v) is 8.48. The smallest absolute Gasteiger partial charge is 0.164 e. The zero-order valence-electron chi connectivity index (χ0n) is 8.48. The molecule has 1 aliphatic heterocycles. The minimum Gasteiger partial charge on any atom is -0.486 e. The van der Waals surface area contributed by atoms with Crippen molar-refractivity contribution in [3.63, 3.8) is 0 Å². The summed E-state index contributed by atoms with van der Waals surface area (Å²) in [6.45, 7) is 1.39. The number of hydrogen-bond acceptors (Lipinski definition) is 4. The molecule has 0 radical (unpaired) electrons. The highest BCUT2D eigenvalue weighted by Crippen LogP contribution is 2.34. The Kier molecular flexibility index (Phi) is 3.08. The second-order valence-electron chi connectivity index (χ2n) is 3.53. The van der Waals surface area contributed by atoms with Gasteiger partial charge in [0.05, 0.1) is 6.10 Å². The van der Waals surface area contributed by atoms with Crippen LogP contribution in [0.5, 0.6) is 11.5 Å². The van der Waals surface area contributed by atoms with E-state index < -0.39 is 6.10 Å². The van der Waals surface area contributed by atoms with Gasteiger partial charge in [-0.15, -0.1) is 0 Å². The van der Waals surface area contributed by atoms with Crippen LogP contribution in [0, 0.1) is 0 Å². The summed E-state index contributed by atoms with van der Waals surface area (Å²) in [5, 5.41) is 9.49. The summed E-state index contributed by atoms with van der Waals surface area (Å²) in [4.78, 5) is 0. The molecule has 0 amide bonds. The van der Waals surface area contributed by atoms with Gasteiger partial charge in [0.25, 0.3) is 0 Å². The van der Waals surface area contributed by atoms with Crippen LogP contribution in [0.2, 0.25) is 0 Å².